The number of nitrogens with zero attached hydrogens (tertiary/aromatic N) is 1. The van der Waals surface area contributed by atoms with Crippen LogP contribution in [0, 0.1) is 0 Å². The molecule has 0 unspecified atom stereocenters. The smallest absolute Gasteiger partial charge is 0.159 e. The summed E-state index contributed by atoms with van der Waals surface area (Å²) in [6.07, 6.45) is 7.76. The molecule has 1 aromatic heterocycles. The van der Waals surface area contributed by atoms with E-state index in [1.807, 2.05) is 37.3 Å². The van der Waals surface area contributed by atoms with E-state index in [0.29, 0.717) is 18.8 Å². The Hall–Kier alpha value is -3.14. The number of hydrogen-bond acceptors (Lipinski definition) is 4. The highest BCUT2D eigenvalue weighted by Crippen LogP contribution is 2.34. The van der Waals surface area contributed by atoms with Gasteiger partial charge >= 0.3 is 0 Å². The zero-order valence-electron chi connectivity index (χ0n) is 18.3. The molecule has 4 rings (SSSR count). The van der Waals surface area contributed by atoms with Crippen LogP contribution < -0.4 is 9.47 Å². The average Bonchev–Trinajstić information content (AvgIpc) is 3.03. The Bertz CT molecular complexity index is 1070. The predicted octanol–water partition coefficient (Wildman–Crippen LogP) is 6.20. The molecule has 3 aromatic rings. The van der Waals surface area contributed by atoms with E-state index in [2.05, 4.69) is 23.2 Å². The minimum atomic E-state index is 0.0497. The van der Waals surface area contributed by atoms with Gasteiger partial charge in [-0.25, -0.2) is 0 Å². The second-order valence-electron chi connectivity index (χ2n) is 8.02. The quantitative estimate of drug-likeness (QED) is 0.341. The number of fused-ring (bicyclic) bond motifs is 1. The first kappa shape index (κ1) is 21.1. The van der Waals surface area contributed by atoms with Gasteiger partial charge < -0.3 is 9.47 Å². The molecular formula is C27H29NO3. The van der Waals surface area contributed by atoms with Gasteiger partial charge in [0, 0.05) is 23.4 Å². The molecule has 0 saturated carbocycles. The van der Waals surface area contributed by atoms with Crippen LogP contribution in [0.1, 0.15) is 60.3 Å². The summed E-state index contributed by atoms with van der Waals surface area (Å²) in [6.45, 7) is 4.50. The van der Waals surface area contributed by atoms with Crippen molar-refractivity contribution in [3.63, 3.8) is 0 Å². The highest BCUT2D eigenvalue weighted by atomic mass is 16.5. The van der Waals surface area contributed by atoms with Gasteiger partial charge in [-0.05, 0) is 80.5 Å². The first-order valence-corrected chi connectivity index (χ1v) is 11.1. The molecule has 0 spiro atoms. The van der Waals surface area contributed by atoms with Crippen LogP contribution in [-0.2, 0) is 19.4 Å². The zero-order chi connectivity index (χ0) is 21.6. The number of ketones is 1. The summed E-state index contributed by atoms with van der Waals surface area (Å²) in [4.78, 5) is 16.4. The molecular weight excluding hydrogens is 386 g/mol. The fourth-order valence-corrected chi connectivity index (χ4v) is 4.12. The van der Waals surface area contributed by atoms with E-state index in [9.17, 15) is 4.79 Å². The number of hydrogen-bond donors (Lipinski definition) is 0. The SMILES string of the molecule is CCOc1ccnc(COc2ccc(C(C)=O)cc2-c2ccc3c(c2)CCCCC3)c1. The largest absolute Gasteiger partial charge is 0.494 e. The van der Waals surface area contributed by atoms with Crippen LogP contribution in [-0.4, -0.2) is 17.4 Å². The van der Waals surface area contributed by atoms with Gasteiger partial charge in [0.05, 0.1) is 12.3 Å². The topological polar surface area (TPSA) is 48.4 Å². The third-order valence-corrected chi connectivity index (χ3v) is 5.77. The van der Waals surface area contributed by atoms with Crippen LogP contribution >= 0.6 is 0 Å². The van der Waals surface area contributed by atoms with E-state index in [1.54, 1.807) is 13.1 Å². The summed E-state index contributed by atoms with van der Waals surface area (Å²) >= 11 is 0. The summed E-state index contributed by atoms with van der Waals surface area (Å²) in [5, 5.41) is 0. The summed E-state index contributed by atoms with van der Waals surface area (Å²) in [6, 6.07) is 16.1. The van der Waals surface area contributed by atoms with Crippen molar-refractivity contribution in [3.8, 4) is 22.6 Å². The molecule has 0 atom stereocenters. The number of ether oxygens (including phenoxy) is 2. The Balaban J connectivity index is 1.65. The van der Waals surface area contributed by atoms with Gasteiger partial charge in [-0.2, -0.15) is 0 Å². The molecule has 160 valence electrons. The van der Waals surface area contributed by atoms with Crippen molar-refractivity contribution in [2.24, 2.45) is 0 Å². The maximum atomic E-state index is 12.0. The molecule has 1 heterocycles. The lowest BCUT2D eigenvalue weighted by Crippen LogP contribution is -2.02. The van der Waals surface area contributed by atoms with Crippen LogP contribution in [0.15, 0.2) is 54.7 Å². The molecule has 31 heavy (non-hydrogen) atoms. The molecule has 1 aliphatic carbocycles. The monoisotopic (exact) mass is 415 g/mol. The van der Waals surface area contributed by atoms with Crippen LogP contribution in [0.2, 0.25) is 0 Å². The second-order valence-corrected chi connectivity index (χ2v) is 8.02. The lowest BCUT2D eigenvalue weighted by molar-refractivity contribution is 0.101. The number of carbonyl (C=O) groups is 1. The van der Waals surface area contributed by atoms with E-state index in [0.717, 1.165) is 41.2 Å². The van der Waals surface area contributed by atoms with Crippen molar-refractivity contribution in [2.45, 2.75) is 52.6 Å². The number of aryl methyl sites for hydroxylation is 2. The number of benzene rings is 2. The maximum Gasteiger partial charge on any atom is 0.159 e. The molecule has 1 aliphatic rings. The number of Topliss-reactive ketones (excluding diaryl/α,β-unsaturated/α-hetero) is 1. The summed E-state index contributed by atoms with van der Waals surface area (Å²) in [5.74, 6) is 1.59. The van der Waals surface area contributed by atoms with E-state index in [-0.39, 0.29) is 5.78 Å². The first-order valence-electron chi connectivity index (χ1n) is 11.1. The molecule has 2 aromatic carbocycles. The van der Waals surface area contributed by atoms with Crippen molar-refractivity contribution in [1.29, 1.82) is 0 Å². The highest BCUT2D eigenvalue weighted by molar-refractivity contribution is 5.96. The van der Waals surface area contributed by atoms with Crippen molar-refractivity contribution >= 4 is 5.78 Å². The Morgan fingerprint density at radius 3 is 2.58 bits per heavy atom. The number of carbonyl (C=O) groups excluding carboxylic acids is 1. The Morgan fingerprint density at radius 1 is 0.935 bits per heavy atom. The summed E-state index contributed by atoms with van der Waals surface area (Å²) < 4.78 is 11.7. The standard InChI is InChI=1S/C27H29NO3/c1-3-30-25-13-14-28-24(17-25)18-31-27-12-11-21(19(2)29)16-26(27)23-10-9-20-7-5-4-6-8-22(20)15-23/h9-17H,3-8,18H2,1-2H3. The molecule has 0 N–H and O–H groups in total. The van der Waals surface area contributed by atoms with Crippen LogP contribution in [0.4, 0.5) is 0 Å². The molecule has 0 bridgehead atoms. The molecule has 0 radical (unpaired) electrons. The van der Waals surface area contributed by atoms with E-state index < -0.39 is 0 Å². The molecule has 4 nitrogen and oxygen atoms in total. The molecule has 0 aliphatic heterocycles. The van der Waals surface area contributed by atoms with E-state index >= 15 is 0 Å². The number of aromatic nitrogens is 1. The molecule has 0 amide bonds. The van der Waals surface area contributed by atoms with Crippen LogP contribution in [0.25, 0.3) is 11.1 Å². The first-order chi connectivity index (χ1) is 15.1. The Labute approximate surface area is 184 Å². The third-order valence-electron chi connectivity index (χ3n) is 5.77. The minimum absolute atomic E-state index is 0.0497. The van der Waals surface area contributed by atoms with Gasteiger partial charge in [-0.1, -0.05) is 24.6 Å². The number of pyridine rings is 1. The maximum absolute atomic E-state index is 12.0. The van der Waals surface area contributed by atoms with Crippen molar-refractivity contribution in [1.82, 2.24) is 4.98 Å². The van der Waals surface area contributed by atoms with Gasteiger partial charge in [0.1, 0.15) is 18.1 Å². The molecule has 4 heteroatoms. The van der Waals surface area contributed by atoms with Crippen molar-refractivity contribution in [2.75, 3.05) is 6.61 Å². The Kier molecular flexibility index (Phi) is 6.66. The molecule has 0 saturated heterocycles. The van der Waals surface area contributed by atoms with Gasteiger partial charge in [0.15, 0.2) is 5.78 Å². The zero-order valence-corrected chi connectivity index (χ0v) is 18.3. The van der Waals surface area contributed by atoms with Crippen LogP contribution in [0.3, 0.4) is 0 Å². The van der Waals surface area contributed by atoms with Gasteiger partial charge in [-0.3, -0.25) is 9.78 Å². The molecule has 0 fully saturated rings. The lowest BCUT2D eigenvalue weighted by Gasteiger charge is -2.15. The lowest BCUT2D eigenvalue weighted by atomic mass is 9.94. The fourth-order valence-electron chi connectivity index (χ4n) is 4.12. The normalized spacial score (nSPS) is 13.2. The summed E-state index contributed by atoms with van der Waals surface area (Å²) in [5.41, 5.74) is 6.39. The van der Waals surface area contributed by atoms with Crippen molar-refractivity contribution < 1.29 is 14.3 Å². The van der Waals surface area contributed by atoms with Gasteiger partial charge in [0.2, 0.25) is 0 Å². The summed E-state index contributed by atoms with van der Waals surface area (Å²) in [7, 11) is 0. The van der Waals surface area contributed by atoms with Crippen molar-refractivity contribution in [3.05, 3.63) is 77.1 Å². The van der Waals surface area contributed by atoms with Gasteiger partial charge in [-0.15, -0.1) is 0 Å². The Morgan fingerprint density at radius 2 is 1.77 bits per heavy atom. The number of rotatable bonds is 7. The highest BCUT2D eigenvalue weighted by Gasteiger charge is 2.14. The fraction of sp³-hybridized carbons (Fsp3) is 0.333. The third kappa shape index (κ3) is 5.13. The second kappa shape index (κ2) is 9.78. The minimum Gasteiger partial charge on any atom is -0.494 e. The van der Waals surface area contributed by atoms with E-state index in [1.165, 1.54) is 30.4 Å². The predicted molar refractivity (Wildman–Crippen MR) is 123 cm³/mol. The van der Waals surface area contributed by atoms with Crippen LogP contribution in [0.5, 0.6) is 11.5 Å². The average molecular weight is 416 g/mol. The van der Waals surface area contributed by atoms with E-state index in [4.69, 9.17) is 9.47 Å². The van der Waals surface area contributed by atoms with Gasteiger partial charge in [0.25, 0.3) is 0 Å².